The van der Waals surface area contributed by atoms with Gasteiger partial charge in [0.05, 0.1) is 18.5 Å². The molecule has 2 amide bonds. The predicted molar refractivity (Wildman–Crippen MR) is 134 cm³/mol. The Morgan fingerprint density at radius 3 is 2.44 bits per heavy atom. The highest BCUT2D eigenvalue weighted by Crippen LogP contribution is 2.41. The second-order valence-electron chi connectivity index (χ2n) is 8.77. The van der Waals surface area contributed by atoms with E-state index in [0.717, 1.165) is 11.3 Å². The summed E-state index contributed by atoms with van der Waals surface area (Å²) in [6.45, 7) is 3.83. The van der Waals surface area contributed by atoms with Gasteiger partial charge in [0.15, 0.2) is 11.6 Å². The lowest BCUT2D eigenvalue weighted by Crippen LogP contribution is -2.50. The molecule has 0 fully saturated rings. The molecule has 7 nitrogen and oxygen atoms in total. The van der Waals surface area contributed by atoms with Crippen LogP contribution in [0.3, 0.4) is 0 Å². The fraction of sp³-hybridized carbons (Fsp3) is 0.179. The molecule has 36 heavy (non-hydrogen) atoms. The zero-order valence-electron chi connectivity index (χ0n) is 20.1. The van der Waals surface area contributed by atoms with Crippen LogP contribution in [-0.2, 0) is 4.79 Å². The number of benzene rings is 3. The van der Waals surface area contributed by atoms with Gasteiger partial charge in [0.2, 0.25) is 5.91 Å². The molecular weight excluding hydrogens is 459 g/mol. The number of anilines is 1. The van der Waals surface area contributed by atoms with Crippen LogP contribution in [0, 0.1) is 19.7 Å². The number of hydrogen-bond donors (Lipinski definition) is 2. The Kier molecular flexibility index (Phi) is 6.01. The number of nitrogens with zero attached hydrogens (tertiary/aromatic N) is 2. The maximum atomic E-state index is 14.8. The normalized spacial score (nSPS) is 16.7. The Hall–Kier alpha value is -4.46. The Labute approximate surface area is 207 Å². The average molecular weight is 485 g/mol. The molecule has 0 saturated carbocycles. The number of ether oxygens (including phenoxy) is 1. The third kappa shape index (κ3) is 4.11. The summed E-state index contributed by atoms with van der Waals surface area (Å²) < 4.78 is 21.6. The van der Waals surface area contributed by atoms with Crippen molar-refractivity contribution in [3.8, 4) is 11.4 Å². The van der Waals surface area contributed by atoms with Crippen LogP contribution >= 0.6 is 0 Å². The van der Waals surface area contributed by atoms with Crippen LogP contribution in [0.4, 0.5) is 10.2 Å². The van der Waals surface area contributed by atoms with Crippen LogP contribution in [0.15, 0.2) is 72.8 Å². The van der Waals surface area contributed by atoms with Crippen molar-refractivity contribution in [1.29, 1.82) is 0 Å². The number of aryl methyl sites for hydroxylation is 2. The summed E-state index contributed by atoms with van der Waals surface area (Å²) in [6.07, 6.45) is 0. The molecule has 0 spiro atoms. The number of halogens is 1. The first-order valence-electron chi connectivity index (χ1n) is 11.5. The minimum atomic E-state index is -0.993. The smallest absolute Gasteiger partial charge is 0.251 e. The van der Waals surface area contributed by atoms with Crippen molar-refractivity contribution >= 4 is 17.6 Å². The van der Waals surface area contributed by atoms with E-state index in [1.165, 1.54) is 19.2 Å². The molecule has 4 aromatic rings. The molecule has 0 saturated heterocycles. The molecule has 0 bridgehead atoms. The van der Waals surface area contributed by atoms with Crippen LogP contribution in [0.2, 0.25) is 0 Å². The van der Waals surface area contributed by atoms with Crippen molar-refractivity contribution in [2.24, 2.45) is 0 Å². The van der Waals surface area contributed by atoms with Crippen LogP contribution in [0.1, 0.15) is 38.7 Å². The summed E-state index contributed by atoms with van der Waals surface area (Å²) in [6, 6.07) is 20.0. The van der Waals surface area contributed by atoms with E-state index in [9.17, 15) is 14.0 Å². The number of fused-ring (bicyclic) bond motifs is 1. The highest BCUT2D eigenvalue weighted by Gasteiger charge is 2.42. The van der Waals surface area contributed by atoms with Gasteiger partial charge in [0, 0.05) is 17.0 Å². The van der Waals surface area contributed by atoms with Crippen molar-refractivity contribution < 1.29 is 18.7 Å². The zero-order chi connectivity index (χ0) is 25.4. The fourth-order valence-electron chi connectivity index (χ4n) is 4.62. The van der Waals surface area contributed by atoms with Gasteiger partial charge in [0.1, 0.15) is 11.9 Å². The largest absolute Gasteiger partial charge is 0.494 e. The monoisotopic (exact) mass is 484 g/mol. The molecule has 0 radical (unpaired) electrons. The van der Waals surface area contributed by atoms with Gasteiger partial charge in [-0.05, 0) is 55.8 Å². The lowest BCUT2D eigenvalue weighted by molar-refractivity contribution is -0.118. The second kappa shape index (κ2) is 9.30. The van der Waals surface area contributed by atoms with Gasteiger partial charge in [-0.25, -0.2) is 9.07 Å². The summed E-state index contributed by atoms with van der Waals surface area (Å²) in [7, 11) is 1.39. The molecule has 3 aromatic carbocycles. The predicted octanol–water partition coefficient (Wildman–Crippen LogP) is 4.52. The third-order valence-corrected chi connectivity index (χ3v) is 6.41. The molecule has 2 atom stereocenters. The summed E-state index contributed by atoms with van der Waals surface area (Å²) in [5, 5.41) is 10.5. The lowest BCUT2D eigenvalue weighted by atomic mass is 9.81. The first kappa shape index (κ1) is 23.3. The fourth-order valence-corrected chi connectivity index (χ4v) is 4.62. The van der Waals surface area contributed by atoms with E-state index in [-0.39, 0.29) is 5.75 Å². The molecule has 0 unspecified atom stereocenters. The van der Waals surface area contributed by atoms with E-state index in [2.05, 4.69) is 10.6 Å². The van der Waals surface area contributed by atoms with Crippen LogP contribution in [0.5, 0.6) is 5.75 Å². The minimum absolute atomic E-state index is 0.0937. The average Bonchev–Trinajstić information content (AvgIpc) is 3.20. The lowest BCUT2D eigenvalue weighted by Gasteiger charge is -2.33. The van der Waals surface area contributed by atoms with Gasteiger partial charge in [-0.3, -0.25) is 9.59 Å². The van der Waals surface area contributed by atoms with Gasteiger partial charge in [-0.1, -0.05) is 42.0 Å². The van der Waals surface area contributed by atoms with E-state index in [4.69, 9.17) is 9.84 Å². The van der Waals surface area contributed by atoms with Crippen molar-refractivity contribution in [3.63, 3.8) is 0 Å². The quantitative estimate of drug-likeness (QED) is 0.436. The van der Waals surface area contributed by atoms with Crippen molar-refractivity contribution in [3.05, 3.63) is 107 Å². The topological polar surface area (TPSA) is 85.2 Å². The van der Waals surface area contributed by atoms with E-state index in [1.54, 1.807) is 35.0 Å². The maximum Gasteiger partial charge on any atom is 0.251 e. The number of hydrogen-bond acceptors (Lipinski definition) is 4. The van der Waals surface area contributed by atoms with E-state index in [1.807, 2.05) is 44.2 Å². The highest BCUT2D eigenvalue weighted by molar-refractivity contribution is 6.04. The molecule has 1 aromatic heterocycles. The van der Waals surface area contributed by atoms with Gasteiger partial charge in [-0.2, -0.15) is 5.10 Å². The first-order valence-corrected chi connectivity index (χ1v) is 11.5. The number of carbonyl (C=O) groups is 2. The molecule has 0 aliphatic carbocycles. The molecule has 8 heteroatoms. The van der Waals surface area contributed by atoms with E-state index in [0.29, 0.717) is 28.2 Å². The van der Waals surface area contributed by atoms with Gasteiger partial charge >= 0.3 is 0 Å². The van der Waals surface area contributed by atoms with E-state index >= 15 is 0 Å². The Bertz CT molecular complexity index is 1450. The standard InChI is InChI=1S/C28H25FN4O3/c1-16-9-12-20(13-10-16)33-26-23(17(2)32-33)24(19-11-14-22(36-3)21(29)15-19)25(28(35)31-26)30-27(34)18-7-5-4-6-8-18/h4-15,24-25H,1-3H3,(H,30,34)(H,31,35)/t24-,25+/m1/s1. The maximum absolute atomic E-state index is 14.8. The molecule has 1 aliphatic rings. The summed E-state index contributed by atoms with van der Waals surface area (Å²) in [5.41, 5.74) is 4.17. The minimum Gasteiger partial charge on any atom is -0.494 e. The van der Waals surface area contributed by atoms with Gasteiger partial charge in [0.25, 0.3) is 5.91 Å². The van der Waals surface area contributed by atoms with Crippen molar-refractivity contribution in [1.82, 2.24) is 15.1 Å². The Morgan fingerprint density at radius 1 is 1.06 bits per heavy atom. The molecule has 2 N–H and O–H groups in total. The second-order valence-corrected chi connectivity index (χ2v) is 8.77. The van der Waals surface area contributed by atoms with E-state index < -0.39 is 29.6 Å². The molecule has 1 aliphatic heterocycles. The van der Waals surface area contributed by atoms with Gasteiger partial charge in [-0.15, -0.1) is 0 Å². The molecular formula is C28H25FN4O3. The van der Waals surface area contributed by atoms with Crippen molar-refractivity contribution in [2.75, 3.05) is 12.4 Å². The number of carbonyl (C=O) groups excluding carboxylic acids is 2. The number of aromatic nitrogens is 2. The van der Waals surface area contributed by atoms with Crippen LogP contribution in [0.25, 0.3) is 5.69 Å². The summed E-state index contributed by atoms with van der Waals surface area (Å²) >= 11 is 0. The number of methoxy groups -OCH3 is 1. The number of amides is 2. The first-order chi connectivity index (χ1) is 17.4. The van der Waals surface area contributed by atoms with Gasteiger partial charge < -0.3 is 15.4 Å². The highest BCUT2D eigenvalue weighted by atomic mass is 19.1. The third-order valence-electron chi connectivity index (χ3n) is 6.41. The van der Waals surface area contributed by atoms with Crippen LogP contribution < -0.4 is 15.4 Å². The van der Waals surface area contributed by atoms with Crippen LogP contribution in [-0.4, -0.2) is 34.7 Å². The van der Waals surface area contributed by atoms with Crippen molar-refractivity contribution in [2.45, 2.75) is 25.8 Å². The SMILES string of the molecule is COc1ccc([C@@H]2c3c(C)nn(-c4ccc(C)cc4)c3NC(=O)[C@H]2NC(=O)c2ccccc2)cc1F. The number of rotatable bonds is 5. The Balaban J connectivity index is 1.64. The molecule has 182 valence electrons. The number of nitrogens with one attached hydrogen (secondary N) is 2. The summed E-state index contributed by atoms with van der Waals surface area (Å²) in [5.74, 6) is -1.47. The molecule has 5 rings (SSSR count). The summed E-state index contributed by atoms with van der Waals surface area (Å²) in [4.78, 5) is 26.5. The Morgan fingerprint density at radius 2 is 1.78 bits per heavy atom. The zero-order valence-corrected chi connectivity index (χ0v) is 20.1. The molecule has 2 heterocycles.